The van der Waals surface area contributed by atoms with Crippen LogP contribution in [0.4, 0.5) is 0 Å². The first-order valence-electron chi connectivity index (χ1n) is 5.36. The van der Waals surface area contributed by atoms with Crippen molar-refractivity contribution in [1.29, 1.82) is 0 Å². The Morgan fingerprint density at radius 1 is 1.35 bits per heavy atom. The molecule has 0 aliphatic carbocycles. The zero-order chi connectivity index (χ0) is 12.4. The van der Waals surface area contributed by atoms with Crippen LogP contribution in [-0.4, -0.2) is 4.57 Å². The number of hydrogen-bond donors (Lipinski definition) is 0. The van der Waals surface area contributed by atoms with Crippen molar-refractivity contribution in [2.45, 2.75) is 19.9 Å². The fourth-order valence-electron chi connectivity index (χ4n) is 1.68. The quantitative estimate of drug-likeness (QED) is 0.758. The van der Waals surface area contributed by atoms with Crippen LogP contribution in [0.15, 0.2) is 50.4 Å². The predicted molar refractivity (Wildman–Crippen MR) is 66.2 cm³/mol. The lowest BCUT2D eigenvalue weighted by Gasteiger charge is -2.07. The summed E-state index contributed by atoms with van der Waals surface area (Å²) < 4.78 is 6.14. The fraction of sp³-hybridized carbons (Fsp3) is 0.231. The van der Waals surface area contributed by atoms with Gasteiger partial charge in [-0.25, -0.2) is 9.59 Å². The van der Waals surface area contributed by atoms with Crippen LogP contribution in [0.25, 0.3) is 10.9 Å². The van der Waals surface area contributed by atoms with Gasteiger partial charge in [-0.2, -0.15) is 0 Å². The SMILES string of the molecule is C=C(C)CCn1c(=O)oc(=O)c2ccccc21. The number of aryl methyl sites for hydroxylation is 1. The number of para-hydroxylation sites is 1. The molecule has 4 heteroatoms. The molecule has 0 saturated carbocycles. The Bertz CT molecular complexity index is 679. The van der Waals surface area contributed by atoms with Crippen molar-refractivity contribution in [3.8, 4) is 0 Å². The third-order valence-electron chi connectivity index (χ3n) is 2.58. The molecule has 2 rings (SSSR count). The average Bonchev–Trinajstić information content (AvgIpc) is 2.28. The molecule has 17 heavy (non-hydrogen) atoms. The molecule has 0 spiro atoms. The summed E-state index contributed by atoms with van der Waals surface area (Å²) in [4.78, 5) is 23.1. The molecule has 0 N–H and O–H groups in total. The summed E-state index contributed by atoms with van der Waals surface area (Å²) in [6, 6.07) is 6.93. The van der Waals surface area contributed by atoms with E-state index < -0.39 is 11.4 Å². The second-order valence-corrected chi connectivity index (χ2v) is 4.03. The lowest BCUT2D eigenvalue weighted by atomic mass is 10.2. The molecular formula is C13H13NO3. The van der Waals surface area contributed by atoms with Crippen LogP contribution in [0.5, 0.6) is 0 Å². The molecule has 0 atom stereocenters. The molecule has 1 heterocycles. The van der Waals surface area contributed by atoms with Gasteiger partial charge in [-0.1, -0.05) is 17.7 Å². The van der Waals surface area contributed by atoms with E-state index in [0.717, 1.165) is 5.57 Å². The zero-order valence-electron chi connectivity index (χ0n) is 9.60. The Morgan fingerprint density at radius 2 is 2.06 bits per heavy atom. The van der Waals surface area contributed by atoms with E-state index in [9.17, 15) is 9.59 Å². The van der Waals surface area contributed by atoms with E-state index in [1.54, 1.807) is 24.3 Å². The minimum atomic E-state index is -0.616. The maximum absolute atomic E-state index is 11.6. The standard InChI is InChI=1S/C13H13NO3/c1-9(2)7-8-14-11-6-4-3-5-10(11)12(15)17-13(14)16/h3-6H,1,7-8H2,2H3. The topological polar surface area (TPSA) is 52.2 Å². The summed E-state index contributed by atoms with van der Waals surface area (Å²) in [5.74, 6) is -0.616. The van der Waals surface area contributed by atoms with Gasteiger partial charge in [0.05, 0.1) is 10.9 Å². The van der Waals surface area contributed by atoms with Crippen LogP contribution in [0.3, 0.4) is 0 Å². The van der Waals surface area contributed by atoms with Gasteiger partial charge >= 0.3 is 11.4 Å². The van der Waals surface area contributed by atoms with Crippen LogP contribution in [-0.2, 0) is 6.54 Å². The second-order valence-electron chi connectivity index (χ2n) is 4.03. The number of benzene rings is 1. The van der Waals surface area contributed by atoms with Gasteiger partial charge in [0, 0.05) is 6.54 Å². The first-order chi connectivity index (χ1) is 8.09. The molecular weight excluding hydrogens is 218 g/mol. The van der Waals surface area contributed by atoms with Crippen LogP contribution in [0.2, 0.25) is 0 Å². The van der Waals surface area contributed by atoms with Crippen LogP contribution < -0.4 is 11.4 Å². The zero-order valence-corrected chi connectivity index (χ0v) is 9.60. The van der Waals surface area contributed by atoms with E-state index in [0.29, 0.717) is 23.9 Å². The third kappa shape index (κ3) is 2.20. The number of rotatable bonds is 3. The molecule has 2 aromatic rings. The van der Waals surface area contributed by atoms with Crippen LogP contribution >= 0.6 is 0 Å². The maximum Gasteiger partial charge on any atom is 0.422 e. The summed E-state index contributed by atoms with van der Waals surface area (Å²) in [6.07, 6.45) is 0.678. The monoisotopic (exact) mass is 231 g/mol. The van der Waals surface area contributed by atoms with Gasteiger partial charge in [0.2, 0.25) is 0 Å². The van der Waals surface area contributed by atoms with Crippen LogP contribution in [0.1, 0.15) is 13.3 Å². The molecule has 1 aromatic heterocycles. The summed E-state index contributed by atoms with van der Waals surface area (Å²) >= 11 is 0. The highest BCUT2D eigenvalue weighted by Crippen LogP contribution is 2.08. The highest BCUT2D eigenvalue weighted by atomic mass is 16.4. The number of aromatic nitrogens is 1. The first-order valence-corrected chi connectivity index (χ1v) is 5.36. The van der Waals surface area contributed by atoms with Gasteiger partial charge in [-0.15, -0.1) is 6.58 Å². The third-order valence-corrected chi connectivity index (χ3v) is 2.58. The summed E-state index contributed by atoms with van der Waals surface area (Å²) in [5.41, 5.74) is 0.999. The van der Waals surface area contributed by atoms with Gasteiger partial charge in [0.1, 0.15) is 0 Å². The van der Waals surface area contributed by atoms with Crippen molar-refractivity contribution in [2.24, 2.45) is 0 Å². The highest BCUT2D eigenvalue weighted by molar-refractivity contribution is 5.77. The molecule has 88 valence electrons. The van der Waals surface area contributed by atoms with Gasteiger partial charge in [0.15, 0.2) is 0 Å². The molecule has 0 saturated heterocycles. The first kappa shape index (κ1) is 11.4. The van der Waals surface area contributed by atoms with E-state index in [-0.39, 0.29) is 0 Å². The van der Waals surface area contributed by atoms with Gasteiger partial charge in [0.25, 0.3) is 0 Å². The highest BCUT2D eigenvalue weighted by Gasteiger charge is 2.07. The predicted octanol–water partition coefficient (Wildman–Crippen LogP) is 1.92. The van der Waals surface area contributed by atoms with Gasteiger partial charge < -0.3 is 4.42 Å². The van der Waals surface area contributed by atoms with Crippen molar-refractivity contribution in [1.82, 2.24) is 4.57 Å². The molecule has 0 aliphatic heterocycles. The molecule has 0 radical (unpaired) electrons. The number of hydrogen-bond acceptors (Lipinski definition) is 3. The fourth-order valence-corrected chi connectivity index (χ4v) is 1.68. The van der Waals surface area contributed by atoms with Gasteiger partial charge in [-0.3, -0.25) is 4.57 Å². The van der Waals surface area contributed by atoms with Crippen LogP contribution in [0, 0.1) is 0 Å². The van der Waals surface area contributed by atoms with Crippen molar-refractivity contribution < 1.29 is 4.42 Å². The largest absolute Gasteiger partial charge is 0.422 e. The van der Waals surface area contributed by atoms with E-state index in [4.69, 9.17) is 0 Å². The van der Waals surface area contributed by atoms with E-state index in [1.165, 1.54) is 4.57 Å². The summed E-state index contributed by atoms with van der Waals surface area (Å²) in [6.45, 7) is 6.16. The van der Waals surface area contributed by atoms with Crippen molar-refractivity contribution in [3.05, 3.63) is 57.4 Å². The number of fused-ring (bicyclic) bond motifs is 1. The van der Waals surface area contributed by atoms with E-state index in [2.05, 4.69) is 11.0 Å². The normalized spacial score (nSPS) is 10.6. The smallest absolute Gasteiger partial charge is 0.372 e. The molecule has 4 nitrogen and oxygen atoms in total. The Morgan fingerprint density at radius 3 is 2.76 bits per heavy atom. The van der Waals surface area contributed by atoms with Crippen molar-refractivity contribution in [2.75, 3.05) is 0 Å². The number of nitrogens with zero attached hydrogens (tertiary/aromatic N) is 1. The Labute approximate surface area is 97.8 Å². The van der Waals surface area contributed by atoms with Gasteiger partial charge in [-0.05, 0) is 25.5 Å². The van der Waals surface area contributed by atoms with E-state index in [1.807, 2.05) is 6.92 Å². The molecule has 0 fully saturated rings. The molecule has 0 aliphatic rings. The minimum Gasteiger partial charge on any atom is -0.372 e. The molecule has 1 aromatic carbocycles. The molecule has 0 bridgehead atoms. The molecule has 0 amide bonds. The van der Waals surface area contributed by atoms with Crippen molar-refractivity contribution >= 4 is 10.9 Å². The van der Waals surface area contributed by atoms with Crippen molar-refractivity contribution in [3.63, 3.8) is 0 Å². The molecule has 0 unspecified atom stereocenters. The Balaban J connectivity index is 2.65. The number of allylic oxidation sites excluding steroid dienone is 1. The Kier molecular flexibility index (Phi) is 2.95. The lowest BCUT2D eigenvalue weighted by Crippen LogP contribution is -2.25. The maximum atomic E-state index is 11.6. The lowest BCUT2D eigenvalue weighted by molar-refractivity contribution is 0.416. The summed E-state index contributed by atoms with van der Waals surface area (Å²) in [5, 5.41) is 0.425. The second kappa shape index (κ2) is 4.41. The average molecular weight is 231 g/mol. The summed E-state index contributed by atoms with van der Waals surface area (Å²) in [7, 11) is 0. The van der Waals surface area contributed by atoms with E-state index >= 15 is 0 Å². The minimum absolute atomic E-state index is 0.425. The Hall–Kier alpha value is -2.10.